The van der Waals surface area contributed by atoms with E-state index in [4.69, 9.17) is 29.4 Å². The van der Waals surface area contributed by atoms with Gasteiger partial charge in [0.25, 0.3) is 0 Å². The van der Waals surface area contributed by atoms with E-state index >= 15 is 0 Å². The number of allylic oxidation sites excluding steroid dienone is 3. The van der Waals surface area contributed by atoms with Gasteiger partial charge in [0.05, 0.1) is 35.7 Å². The second kappa shape index (κ2) is 26.4. The number of phenolic OH excluding ortho intramolecular Hbond substituents is 2. The molecule has 4 fully saturated rings. The summed E-state index contributed by atoms with van der Waals surface area (Å²) in [5.41, 5.74) is 18.7. The molecular weight excluding hydrogens is 1240 g/mol. The van der Waals surface area contributed by atoms with Crippen molar-refractivity contribution in [3.8, 4) is 63.6 Å². The van der Waals surface area contributed by atoms with E-state index in [1.807, 2.05) is 27.7 Å². The number of esters is 1. The van der Waals surface area contributed by atoms with Gasteiger partial charge in [-0.05, 0) is 145 Å². The fourth-order valence-corrected chi connectivity index (χ4v) is 22.8. The van der Waals surface area contributed by atoms with Crippen molar-refractivity contribution in [3.63, 3.8) is 0 Å². The first-order valence-electron chi connectivity index (χ1n) is 35.2. The van der Waals surface area contributed by atoms with Crippen molar-refractivity contribution in [3.05, 3.63) is 164 Å². The van der Waals surface area contributed by atoms with E-state index in [9.17, 15) is 25.2 Å². The Morgan fingerprint density at radius 3 is 2.60 bits per heavy atom. The van der Waals surface area contributed by atoms with Crippen LogP contribution in [-0.4, -0.2) is 102 Å². The van der Waals surface area contributed by atoms with Gasteiger partial charge in [0, 0.05) is 114 Å². The quantitative estimate of drug-likeness (QED) is 0.0299. The van der Waals surface area contributed by atoms with Gasteiger partial charge in [-0.15, -0.1) is 0 Å². The molecule has 5 aliphatic carbocycles. The van der Waals surface area contributed by atoms with Crippen LogP contribution < -0.4 is 35.9 Å². The topological polar surface area (TPSA) is 206 Å². The van der Waals surface area contributed by atoms with Crippen LogP contribution >= 0.6 is 21.6 Å². The molecule has 11 aliphatic rings. The predicted molar refractivity (Wildman–Crippen MR) is 375 cm³/mol. The van der Waals surface area contributed by atoms with Crippen molar-refractivity contribution in [1.82, 2.24) is 16.0 Å². The van der Waals surface area contributed by atoms with Crippen LogP contribution in [0.5, 0.6) is 28.7 Å². The number of aromatic hydroxyl groups is 2. The van der Waals surface area contributed by atoms with Gasteiger partial charge in [0.1, 0.15) is 42.0 Å². The normalized spacial score (nSPS) is 31.6. The third-order valence-corrected chi connectivity index (χ3v) is 26.8. The molecule has 1 unspecified atom stereocenters. The highest BCUT2D eigenvalue weighted by atomic mass is 33.1. The molecule has 16 rings (SSSR count). The van der Waals surface area contributed by atoms with E-state index in [0.717, 1.165) is 121 Å². The van der Waals surface area contributed by atoms with Crippen LogP contribution in [0.25, 0.3) is 17.2 Å². The minimum absolute atomic E-state index is 0.0139. The summed E-state index contributed by atoms with van der Waals surface area (Å²) in [5, 5.41) is 59.8. The molecular formula is C80H88N4O10S2. The molecule has 3 saturated carbocycles. The number of nitrogens with two attached hydrogens (primary N) is 1. The highest BCUT2D eigenvalue weighted by Gasteiger charge is 2.55. The second-order valence-corrected chi connectivity index (χ2v) is 32.0. The average molecular weight is 1330 g/mol. The fraction of sp³-hybridized carbons (Fsp3) is 0.487. The lowest BCUT2D eigenvalue weighted by molar-refractivity contribution is -0.141. The number of ether oxygens (including phenoxy) is 5. The molecule has 0 radical (unpaired) electrons. The number of carbonyl (C=O) groups excluding carboxylic acids is 1. The lowest BCUT2D eigenvalue weighted by atomic mass is 9.61. The number of fused-ring (bicyclic) bond motifs is 16. The first kappa shape index (κ1) is 63.9. The molecule has 5 aromatic carbocycles. The first-order chi connectivity index (χ1) is 46.9. The highest BCUT2D eigenvalue weighted by molar-refractivity contribution is 8.77. The number of hydrogen-bond acceptors (Lipinski definition) is 16. The zero-order valence-corrected chi connectivity index (χ0v) is 56.5. The standard InChI is InChI=1S/C80H88N4O10S2/c1-45(87)91-42-63-57-18-19-58-70-51(34-55(88)35-67(70)92-44-86)37-79-29-26-50(36-79)60-32-47-12-8-14-53(30-47)80(27-6-7-28-80)64-22-16-49(17-23-65-56(60)21-25-69(81)84-65)71-61(39-82-38-52(40-85)62(64)41-90-2)74(89)77-59(72(71)75(63)93-76(57)73(58)79)20-24-66-78(94-77)68(33-46-10-4-3-5-11-46)96-95-43-48-13-9-15-54(31-48)83-66/h3-5,8,10-12,14,18-21,24-25,30,34-35,48-50,52,54,60,62-64,66,68-69,75,78,82-86,88-89H,6-7,9,13,15,26-29,31-33,36-44,81H2,1-2H3/t48-,49+,50-,52-,54+,60-,62-,63+,64-,66+,68-,69?,75+,78-,79+/m1/s1. The summed E-state index contributed by atoms with van der Waals surface area (Å²) >= 11 is 0. The molecule has 14 nitrogen and oxygen atoms in total. The summed E-state index contributed by atoms with van der Waals surface area (Å²) in [7, 11) is 5.60. The minimum Gasteiger partial charge on any atom is -0.508 e. The Labute approximate surface area is 571 Å². The maximum Gasteiger partial charge on any atom is 0.302 e. The zero-order chi connectivity index (χ0) is 65.4. The third-order valence-electron chi connectivity index (χ3n) is 23.8. The Kier molecular flexibility index (Phi) is 17.6. The van der Waals surface area contributed by atoms with Crippen molar-refractivity contribution >= 4 is 33.6 Å². The van der Waals surface area contributed by atoms with E-state index in [-0.39, 0.29) is 78.2 Å². The first-order valence-corrected chi connectivity index (χ1v) is 37.6. The molecule has 1 saturated heterocycles. The largest absolute Gasteiger partial charge is 0.508 e. The van der Waals surface area contributed by atoms with Gasteiger partial charge in [-0.2, -0.15) is 0 Å². The number of methoxy groups -OCH3 is 1. The molecule has 5 aromatic rings. The van der Waals surface area contributed by atoms with Gasteiger partial charge in [0.2, 0.25) is 0 Å². The summed E-state index contributed by atoms with van der Waals surface area (Å²) in [4.78, 5) is 13.6. The van der Waals surface area contributed by atoms with E-state index < -0.39 is 53.8 Å². The van der Waals surface area contributed by atoms with Crippen LogP contribution in [0.4, 0.5) is 0 Å². The lowest BCUT2D eigenvalue weighted by Crippen LogP contribution is -2.52. The molecule has 0 aromatic heterocycles. The Morgan fingerprint density at radius 1 is 0.896 bits per heavy atom. The number of dihydropyridines is 1. The van der Waals surface area contributed by atoms with E-state index in [2.05, 4.69) is 131 Å². The monoisotopic (exact) mass is 1330 g/mol. The summed E-state index contributed by atoms with van der Waals surface area (Å²) in [6, 6.07) is 27.7. The Hall–Kier alpha value is -6.83. The smallest absolute Gasteiger partial charge is 0.302 e. The Bertz CT molecular complexity index is 4090. The molecule has 0 amide bonds. The maximum atomic E-state index is 14.1. The number of phenols is 2. The number of nitrogens with one attached hydrogen (secondary N) is 3. The van der Waals surface area contributed by atoms with E-state index in [0.29, 0.717) is 65.9 Å². The van der Waals surface area contributed by atoms with E-state index in [1.165, 1.54) is 30.0 Å². The van der Waals surface area contributed by atoms with E-state index in [1.54, 1.807) is 13.2 Å². The molecule has 15 atom stereocenters. The van der Waals surface area contributed by atoms with Gasteiger partial charge in [-0.1, -0.05) is 144 Å². The highest BCUT2D eigenvalue weighted by Crippen LogP contribution is 2.65. The molecule has 11 bridgehead atoms. The van der Waals surface area contributed by atoms with Crippen LogP contribution in [0.2, 0.25) is 0 Å². The molecule has 9 N–H and O–H groups in total. The van der Waals surface area contributed by atoms with Gasteiger partial charge in [0.15, 0.2) is 18.3 Å². The number of rotatable bonds is 9. The van der Waals surface area contributed by atoms with Crippen molar-refractivity contribution in [2.75, 3.05) is 46.0 Å². The SMILES string of the molecule is COC[C@@H]1[C@@H](CO)CNCc2c(O)c3c(c4c2[C@@H]2C#CC5=C(C=CC(N)N5)[C@H](Cc5cccc(c5)C5(CCCC5)[C@@H]1C#C2)[C@@H]1CC[C@@]2(Cc5cc(O)cc(OCO)c5-c5ccc6c(c52)O[C@H]4[C@H]6COC(C)=O)C1)C=C[C@@H]1N[C@H]2CCC[C@@H](CSS[C@H](Cc4ccccc4)[C@@H]1O3)C2. The maximum absolute atomic E-state index is 14.1. The third kappa shape index (κ3) is 11.4. The Morgan fingerprint density at radius 2 is 1.77 bits per heavy atom. The van der Waals surface area contributed by atoms with Crippen LogP contribution in [0, 0.1) is 59.2 Å². The molecule has 6 heterocycles. The Balaban J connectivity index is 1.03. The summed E-state index contributed by atoms with van der Waals surface area (Å²) < 4.78 is 34.8. The average Bonchev–Trinajstić information content (AvgIpc) is 1.48. The minimum atomic E-state index is -0.901. The fourth-order valence-electron chi connectivity index (χ4n) is 19.6. The number of benzene rings is 5. The number of aliphatic hydroxyl groups excluding tert-OH is 2. The van der Waals surface area contributed by atoms with Crippen molar-refractivity contribution < 1.29 is 48.9 Å². The van der Waals surface area contributed by atoms with Crippen LogP contribution in [0.15, 0.2) is 108 Å². The van der Waals surface area contributed by atoms with Gasteiger partial charge < -0.3 is 65.8 Å². The predicted octanol–water partition coefficient (Wildman–Crippen LogP) is 11.8. The van der Waals surface area contributed by atoms with Gasteiger partial charge in [-0.3, -0.25) is 4.79 Å². The molecule has 96 heavy (non-hydrogen) atoms. The van der Waals surface area contributed by atoms with Crippen molar-refractivity contribution in [2.45, 2.75) is 162 Å². The summed E-state index contributed by atoms with van der Waals surface area (Å²) in [5.74, 6) is 16.3. The van der Waals surface area contributed by atoms with Crippen molar-refractivity contribution in [1.29, 1.82) is 0 Å². The molecule has 6 aliphatic heterocycles. The molecule has 500 valence electrons. The molecule has 16 heteroatoms. The molecule has 2 spiro atoms. The summed E-state index contributed by atoms with van der Waals surface area (Å²) in [6.45, 7) is 1.60. The van der Waals surface area contributed by atoms with Crippen molar-refractivity contribution in [2.24, 2.45) is 41.2 Å². The number of hydrogen-bond donors (Lipinski definition) is 8. The lowest BCUT2D eigenvalue weighted by Gasteiger charge is -2.42. The zero-order valence-electron chi connectivity index (χ0n) is 54.9. The van der Waals surface area contributed by atoms with Gasteiger partial charge in [-0.25, -0.2) is 0 Å². The number of carbonyl (C=O) groups is 1. The van der Waals surface area contributed by atoms with Gasteiger partial charge >= 0.3 is 5.97 Å². The number of aliphatic hydroxyl groups is 2. The summed E-state index contributed by atoms with van der Waals surface area (Å²) in [6.07, 6.45) is 19.6. The van der Waals surface area contributed by atoms with Crippen LogP contribution in [0.3, 0.4) is 0 Å². The van der Waals surface area contributed by atoms with Crippen LogP contribution in [0.1, 0.15) is 151 Å². The second-order valence-electron chi connectivity index (χ2n) is 29.3. The van der Waals surface area contributed by atoms with Crippen LogP contribution in [-0.2, 0) is 50.9 Å².